The predicted octanol–water partition coefficient (Wildman–Crippen LogP) is 0.155. The van der Waals surface area contributed by atoms with Crippen molar-refractivity contribution in [2.75, 3.05) is 13.2 Å². The highest BCUT2D eigenvalue weighted by atomic mass is 16.5. The maximum atomic E-state index is 9.78. The second-order valence-electron chi connectivity index (χ2n) is 4.37. The first kappa shape index (κ1) is 8.48. The van der Waals surface area contributed by atoms with E-state index in [1.165, 1.54) is 0 Å². The summed E-state index contributed by atoms with van der Waals surface area (Å²) in [6.45, 7) is 3.23. The average Bonchev–Trinajstić information content (AvgIpc) is 2.35. The summed E-state index contributed by atoms with van der Waals surface area (Å²) in [4.78, 5) is 0. The van der Waals surface area contributed by atoms with E-state index in [2.05, 4.69) is 0 Å². The molecule has 3 heteroatoms. The highest BCUT2D eigenvalue weighted by Crippen LogP contribution is 2.39. The van der Waals surface area contributed by atoms with Gasteiger partial charge in [0.15, 0.2) is 0 Å². The first-order valence-corrected chi connectivity index (χ1v) is 4.58. The van der Waals surface area contributed by atoms with E-state index in [-0.39, 0.29) is 0 Å². The third-order valence-electron chi connectivity index (χ3n) is 3.25. The van der Waals surface area contributed by atoms with Crippen molar-refractivity contribution in [3.8, 4) is 0 Å². The summed E-state index contributed by atoms with van der Waals surface area (Å²) < 4.78 is 5.31. The zero-order valence-corrected chi connectivity index (χ0v) is 7.36. The Morgan fingerprint density at radius 2 is 2.00 bits per heavy atom. The van der Waals surface area contributed by atoms with Crippen molar-refractivity contribution in [1.82, 2.24) is 0 Å². The summed E-state index contributed by atoms with van der Waals surface area (Å²) in [5.41, 5.74) is -0.894. The van der Waals surface area contributed by atoms with E-state index in [0.29, 0.717) is 24.7 Å². The fraction of sp³-hybridized carbons (Fsp3) is 1.00. The largest absolute Gasteiger partial charge is 0.390 e. The number of aliphatic hydroxyl groups is 2. The van der Waals surface area contributed by atoms with Crippen LogP contribution in [0, 0.1) is 11.8 Å². The van der Waals surface area contributed by atoms with Crippen molar-refractivity contribution in [2.24, 2.45) is 11.8 Å². The third-order valence-corrected chi connectivity index (χ3v) is 3.25. The van der Waals surface area contributed by atoms with Crippen molar-refractivity contribution >= 4 is 0 Å². The van der Waals surface area contributed by atoms with Crippen LogP contribution < -0.4 is 0 Å². The SMILES string of the molecule is C[C@@]1(O)C[C@H]2COC[C@H]2C[C@@H]1O. The van der Waals surface area contributed by atoms with E-state index in [1.54, 1.807) is 6.92 Å². The van der Waals surface area contributed by atoms with Crippen LogP contribution in [-0.2, 0) is 4.74 Å². The maximum absolute atomic E-state index is 9.78. The highest BCUT2D eigenvalue weighted by Gasteiger charge is 2.45. The van der Waals surface area contributed by atoms with Gasteiger partial charge in [-0.05, 0) is 31.6 Å². The van der Waals surface area contributed by atoms with Gasteiger partial charge < -0.3 is 14.9 Å². The minimum absolute atomic E-state index is 0.461. The molecule has 1 aliphatic carbocycles. The Morgan fingerprint density at radius 3 is 2.75 bits per heavy atom. The molecule has 0 aromatic carbocycles. The lowest BCUT2D eigenvalue weighted by atomic mass is 9.72. The molecular weight excluding hydrogens is 156 g/mol. The molecule has 1 aliphatic heterocycles. The maximum Gasteiger partial charge on any atom is 0.0881 e. The molecule has 0 aromatic heterocycles. The van der Waals surface area contributed by atoms with Crippen molar-refractivity contribution in [1.29, 1.82) is 0 Å². The molecule has 0 amide bonds. The second kappa shape index (κ2) is 2.69. The number of rotatable bonds is 0. The Balaban J connectivity index is 2.08. The van der Waals surface area contributed by atoms with Gasteiger partial charge in [-0.3, -0.25) is 0 Å². The molecule has 1 saturated carbocycles. The van der Waals surface area contributed by atoms with Crippen molar-refractivity contribution in [3.05, 3.63) is 0 Å². The average molecular weight is 172 g/mol. The molecule has 2 N–H and O–H groups in total. The molecule has 12 heavy (non-hydrogen) atoms. The van der Waals surface area contributed by atoms with Gasteiger partial charge in [0.05, 0.1) is 11.7 Å². The lowest BCUT2D eigenvalue weighted by Gasteiger charge is -2.39. The third kappa shape index (κ3) is 1.26. The van der Waals surface area contributed by atoms with Crippen LogP contribution >= 0.6 is 0 Å². The molecule has 0 unspecified atom stereocenters. The van der Waals surface area contributed by atoms with E-state index in [9.17, 15) is 10.2 Å². The molecule has 0 radical (unpaired) electrons. The Morgan fingerprint density at radius 1 is 1.33 bits per heavy atom. The lowest BCUT2D eigenvalue weighted by Crippen LogP contribution is -2.47. The first-order chi connectivity index (χ1) is 5.59. The van der Waals surface area contributed by atoms with Gasteiger partial charge in [0, 0.05) is 13.2 Å². The van der Waals surface area contributed by atoms with Gasteiger partial charge in [-0.25, -0.2) is 0 Å². The number of fused-ring (bicyclic) bond motifs is 1. The summed E-state index contributed by atoms with van der Waals surface area (Å²) in [6.07, 6.45) is 0.802. The van der Waals surface area contributed by atoms with Crippen LogP contribution in [0.15, 0.2) is 0 Å². The van der Waals surface area contributed by atoms with Gasteiger partial charge in [0.25, 0.3) is 0 Å². The predicted molar refractivity (Wildman–Crippen MR) is 43.7 cm³/mol. The molecule has 4 atom stereocenters. The van der Waals surface area contributed by atoms with Crippen LogP contribution in [0.4, 0.5) is 0 Å². The monoisotopic (exact) mass is 172 g/mol. The summed E-state index contributed by atoms with van der Waals surface area (Å²) in [7, 11) is 0. The first-order valence-electron chi connectivity index (χ1n) is 4.58. The number of hydrogen-bond acceptors (Lipinski definition) is 3. The van der Waals surface area contributed by atoms with Gasteiger partial charge in [0.2, 0.25) is 0 Å². The fourth-order valence-electron chi connectivity index (χ4n) is 2.34. The standard InChI is InChI=1S/C9H16O3/c1-9(11)3-7-5-12-4-6(7)2-8(9)10/h6-8,10-11H,2-5H2,1H3/t6-,7+,8+,9-/m1/s1. The molecule has 70 valence electrons. The molecule has 2 aliphatic rings. The second-order valence-corrected chi connectivity index (χ2v) is 4.37. The Bertz CT molecular complexity index is 179. The van der Waals surface area contributed by atoms with Crippen molar-refractivity contribution in [2.45, 2.75) is 31.5 Å². The number of aliphatic hydroxyl groups excluding tert-OH is 1. The molecule has 0 spiro atoms. The quantitative estimate of drug-likeness (QED) is 0.547. The zero-order valence-electron chi connectivity index (χ0n) is 7.36. The van der Waals surface area contributed by atoms with Gasteiger partial charge in [0.1, 0.15) is 0 Å². The van der Waals surface area contributed by atoms with Crippen LogP contribution in [-0.4, -0.2) is 35.1 Å². The molecular formula is C9H16O3. The van der Waals surface area contributed by atoms with Crippen LogP contribution in [0.25, 0.3) is 0 Å². The molecule has 2 rings (SSSR count). The van der Waals surface area contributed by atoms with E-state index < -0.39 is 11.7 Å². The molecule has 1 saturated heterocycles. The molecule has 0 bridgehead atoms. The smallest absolute Gasteiger partial charge is 0.0881 e. The Labute approximate surface area is 72.3 Å². The van der Waals surface area contributed by atoms with Gasteiger partial charge >= 0.3 is 0 Å². The fourth-order valence-corrected chi connectivity index (χ4v) is 2.34. The van der Waals surface area contributed by atoms with E-state index >= 15 is 0 Å². The van der Waals surface area contributed by atoms with Crippen LogP contribution in [0.2, 0.25) is 0 Å². The van der Waals surface area contributed by atoms with Gasteiger partial charge in [-0.2, -0.15) is 0 Å². The van der Waals surface area contributed by atoms with Gasteiger partial charge in [-0.1, -0.05) is 0 Å². The topological polar surface area (TPSA) is 49.7 Å². The van der Waals surface area contributed by atoms with Crippen molar-refractivity contribution < 1.29 is 14.9 Å². The highest BCUT2D eigenvalue weighted by molar-refractivity contribution is 4.95. The molecule has 1 heterocycles. The normalized spacial score (nSPS) is 53.8. The van der Waals surface area contributed by atoms with Crippen LogP contribution in [0.1, 0.15) is 19.8 Å². The number of ether oxygens (including phenoxy) is 1. The van der Waals surface area contributed by atoms with E-state index in [4.69, 9.17) is 4.74 Å². The van der Waals surface area contributed by atoms with Gasteiger partial charge in [-0.15, -0.1) is 0 Å². The van der Waals surface area contributed by atoms with E-state index in [1.807, 2.05) is 0 Å². The summed E-state index contributed by atoms with van der Waals surface area (Å²) >= 11 is 0. The Hall–Kier alpha value is -0.120. The lowest BCUT2D eigenvalue weighted by molar-refractivity contribution is -0.110. The number of hydrogen-bond donors (Lipinski definition) is 2. The summed E-state index contributed by atoms with van der Waals surface area (Å²) in [5.74, 6) is 0.934. The van der Waals surface area contributed by atoms with E-state index in [0.717, 1.165) is 13.2 Å². The van der Waals surface area contributed by atoms with Crippen LogP contribution in [0.3, 0.4) is 0 Å². The van der Waals surface area contributed by atoms with Crippen molar-refractivity contribution in [3.63, 3.8) is 0 Å². The molecule has 0 aromatic rings. The minimum Gasteiger partial charge on any atom is -0.390 e. The molecule has 3 nitrogen and oxygen atoms in total. The zero-order chi connectivity index (χ0) is 8.77. The minimum atomic E-state index is -0.894. The summed E-state index contributed by atoms with van der Waals surface area (Å²) in [6, 6.07) is 0. The summed E-state index contributed by atoms with van der Waals surface area (Å²) in [5, 5.41) is 19.4. The Kier molecular flexibility index (Phi) is 1.90. The van der Waals surface area contributed by atoms with Crippen LogP contribution in [0.5, 0.6) is 0 Å². The molecule has 2 fully saturated rings.